The zero-order chi connectivity index (χ0) is 14.5. The van der Waals surface area contributed by atoms with Crippen LogP contribution in [0.5, 0.6) is 0 Å². The molecule has 0 heterocycles. The number of aliphatic hydroxyl groups is 6. The van der Waals surface area contributed by atoms with Crippen LogP contribution < -0.4 is 0 Å². The van der Waals surface area contributed by atoms with E-state index >= 15 is 0 Å². The summed E-state index contributed by atoms with van der Waals surface area (Å²) in [7, 11) is 0. The number of hydrogen-bond donors (Lipinski definition) is 6. The van der Waals surface area contributed by atoms with Crippen molar-refractivity contribution in [3.05, 3.63) is 11.3 Å². The summed E-state index contributed by atoms with van der Waals surface area (Å²) in [6.07, 6.45) is -3.58. The van der Waals surface area contributed by atoms with Crippen LogP contribution in [0.2, 0.25) is 0 Å². The average Bonchev–Trinajstić information content (AvgIpc) is 2.41. The summed E-state index contributed by atoms with van der Waals surface area (Å²) in [6.45, 7) is 4.93. The minimum atomic E-state index is -2.23. The fourth-order valence-corrected chi connectivity index (χ4v) is 2.67. The number of rotatable bonds is 2. The van der Waals surface area contributed by atoms with Gasteiger partial charge in [0.05, 0.1) is 6.61 Å². The van der Waals surface area contributed by atoms with Crippen LogP contribution in [0.15, 0.2) is 11.3 Å². The summed E-state index contributed by atoms with van der Waals surface area (Å²) in [5.41, 5.74) is -5.55. The van der Waals surface area contributed by atoms with Crippen LogP contribution in [0.3, 0.4) is 0 Å². The van der Waals surface area contributed by atoms with Crippen LogP contribution in [0, 0.1) is 5.41 Å². The van der Waals surface area contributed by atoms with Crippen LogP contribution in [-0.4, -0.2) is 60.7 Å². The van der Waals surface area contributed by atoms with E-state index in [2.05, 4.69) is 0 Å². The Labute approximate surface area is 106 Å². The van der Waals surface area contributed by atoms with Gasteiger partial charge < -0.3 is 30.6 Å². The molecule has 6 nitrogen and oxygen atoms in total. The highest BCUT2D eigenvalue weighted by Crippen LogP contribution is 2.55. The first-order chi connectivity index (χ1) is 7.98. The lowest BCUT2D eigenvalue weighted by molar-refractivity contribution is -0.169. The van der Waals surface area contributed by atoms with Gasteiger partial charge in [0.15, 0.2) is 5.60 Å². The van der Waals surface area contributed by atoms with Gasteiger partial charge in [0.25, 0.3) is 0 Å². The molecule has 0 aliphatic heterocycles. The van der Waals surface area contributed by atoms with E-state index in [0.29, 0.717) is 5.57 Å². The Kier molecular flexibility index (Phi) is 3.57. The van der Waals surface area contributed by atoms with E-state index in [-0.39, 0.29) is 0 Å². The zero-order valence-electron chi connectivity index (χ0n) is 11.0. The van der Waals surface area contributed by atoms with Gasteiger partial charge in [-0.15, -0.1) is 0 Å². The molecule has 1 aliphatic rings. The summed E-state index contributed by atoms with van der Waals surface area (Å²) >= 11 is 0. The maximum Gasteiger partial charge on any atom is 0.157 e. The Balaban J connectivity index is 3.53. The van der Waals surface area contributed by atoms with Crippen molar-refractivity contribution < 1.29 is 30.6 Å². The summed E-state index contributed by atoms with van der Waals surface area (Å²) in [4.78, 5) is 0. The van der Waals surface area contributed by atoms with E-state index in [0.717, 1.165) is 0 Å². The Morgan fingerprint density at radius 3 is 1.78 bits per heavy atom. The largest absolute Gasteiger partial charge is 0.509 e. The van der Waals surface area contributed by atoms with E-state index < -0.39 is 41.2 Å². The molecule has 1 aliphatic carbocycles. The van der Waals surface area contributed by atoms with Crippen molar-refractivity contribution in [3.63, 3.8) is 0 Å². The van der Waals surface area contributed by atoms with Gasteiger partial charge in [0, 0.05) is 5.41 Å². The quantitative estimate of drug-likeness (QED) is 0.357. The van der Waals surface area contributed by atoms with Gasteiger partial charge in [0.2, 0.25) is 0 Å². The van der Waals surface area contributed by atoms with Crippen LogP contribution in [0.4, 0.5) is 0 Å². The molecule has 0 aromatic heterocycles. The van der Waals surface area contributed by atoms with E-state index in [9.17, 15) is 30.6 Å². The monoisotopic (exact) mass is 262 g/mol. The van der Waals surface area contributed by atoms with Crippen molar-refractivity contribution in [3.8, 4) is 0 Å². The molecule has 1 saturated carbocycles. The Morgan fingerprint density at radius 1 is 1.06 bits per heavy atom. The molecule has 4 atom stereocenters. The van der Waals surface area contributed by atoms with Crippen molar-refractivity contribution in [2.24, 2.45) is 5.41 Å². The lowest BCUT2D eigenvalue weighted by Crippen LogP contribution is -2.57. The molecular formula is C12H22O6. The topological polar surface area (TPSA) is 121 Å². The highest BCUT2D eigenvalue weighted by Gasteiger charge is 2.73. The van der Waals surface area contributed by atoms with Crippen LogP contribution in [0.25, 0.3) is 0 Å². The van der Waals surface area contributed by atoms with Gasteiger partial charge in [0.1, 0.15) is 23.6 Å². The molecular weight excluding hydrogens is 240 g/mol. The van der Waals surface area contributed by atoms with E-state index in [1.54, 1.807) is 0 Å². The third-order valence-electron chi connectivity index (χ3n) is 4.33. The molecule has 18 heavy (non-hydrogen) atoms. The lowest BCUT2D eigenvalue weighted by atomic mass is 9.68. The Hall–Kier alpha value is -0.660. The van der Waals surface area contributed by atoms with Crippen molar-refractivity contribution in [1.29, 1.82) is 0 Å². The molecule has 6 N–H and O–H groups in total. The molecule has 0 spiro atoms. The van der Waals surface area contributed by atoms with E-state index in [4.69, 9.17) is 0 Å². The second-order valence-electron chi connectivity index (χ2n) is 5.71. The molecule has 0 bridgehead atoms. The molecule has 0 radical (unpaired) electrons. The third-order valence-corrected chi connectivity index (χ3v) is 4.33. The van der Waals surface area contributed by atoms with Crippen LogP contribution in [-0.2, 0) is 0 Å². The predicted molar refractivity (Wildman–Crippen MR) is 63.8 cm³/mol. The summed E-state index contributed by atoms with van der Waals surface area (Å²) in [5, 5.41) is 60.0. The van der Waals surface area contributed by atoms with Crippen LogP contribution >= 0.6 is 0 Å². The van der Waals surface area contributed by atoms with Gasteiger partial charge >= 0.3 is 0 Å². The SMILES string of the molecule is CC(C)=C(O)[C@@]1(O)[C@@H](O)[C@H](O)[C@](O)(CO)C1(C)C. The molecule has 0 saturated heterocycles. The van der Waals surface area contributed by atoms with Gasteiger partial charge in [-0.1, -0.05) is 13.8 Å². The van der Waals surface area contributed by atoms with Gasteiger partial charge in [-0.3, -0.25) is 0 Å². The maximum atomic E-state index is 10.6. The van der Waals surface area contributed by atoms with Gasteiger partial charge in [-0.05, 0) is 19.4 Å². The number of aliphatic hydroxyl groups excluding tert-OH is 4. The van der Waals surface area contributed by atoms with Gasteiger partial charge in [-0.2, -0.15) is 0 Å². The third kappa shape index (κ3) is 1.47. The van der Waals surface area contributed by atoms with Crippen molar-refractivity contribution in [2.45, 2.75) is 51.1 Å². The zero-order valence-corrected chi connectivity index (χ0v) is 11.0. The van der Waals surface area contributed by atoms with E-state index in [1.807, 2.05) is 0 Å². The Morgan fingerprint density at radius 2 is 1.50 bits per heavy atom. The summed E-state index contributed by atoms with van der Waals surface area (Å²) < 4.78 is 0. The fourth-order valence-electron chi connectivity index (χ4n) is 2.67. The second-order valence-corrected chi connectivity index (χ2v) is 5.71. The van der Waals surface area contributed by atoms with Gasteiger partial charge in [-0.25, -0.2) is 0 Å². The first-order valence-electron chi connectivity index (χ1n) is 5.77. The highest BCUT2D eigenvalue weighted by atomic mass is 16.4. The summed E-state index contributed by atoms with van der Waals surface area (Å²) in [6, 6.07) is 0. The standard InChI is InChI=1S/C12H22O6/c1-6(2)7(14)12(18)9(16)8(15)11(17,5-13)10(12,3)4/h8-9,13-18H,5H2,1-4H3/t8-,9-,11+,12+/m0/s1. The summed E-state index contributed by atoms with van der Waals surface area (Å²) in [5.74, 6) is -0.511. The molecule has 6 heteroatoms. The van der Waals surface area contributed by atoms with Crippen molar-refractivity contribution >= 4 is 0 Å². The maximum absolute atomic E-state index is 10.6. The minimum absolute atomic E-state index is 0.346. The number of allylic oxidation sites excluding steroid dienone is 1. The molecule has 1 rings (SSSR count). The van der Waals surface area contributed by atoms with Crippen molar-refractivity contribution in [1.82, 2.24) is 0 Å². The smallest absolute Gasteiger partial charge is 0.157 e. The molecule has 0 amide bonds. The van der Waals surface area contributed by atoms with E-state index in [1.165, 1.54) is 27.7 Å². The first-order valence-corrected chi connectivity index (χ1v) is 5.77. The lowest BCUT2D eigenvalue weighted by Gasteiger charge is -2.43. The normalized spacial score (nSPS) is 42.9. The minimum Gasteiger partial charge on any atom is -0.509 e. The first kappa shape index (κ1) is 15.4. The molecule has 1 fully saturated rings. The van der Waals surface area contributed by atoms with Crippen LogP contribution in [0.1, 0.15) is 27.7 Å². The number of hydrogen-bond acceptors (Lipinski definition) is 6. The fraction of sp³-hybridized carbons (Fsp3) is 0.833. The average molecular weight is 262 g/mol. The highest BCUT2D eigenvalue weighted by molar-refractivity contribution is 5.32. The molecule has 0 unspecified atom stereocenters. The van der Waals surface area contributed by atoms with Crippen molar-refractivity contribution in [2.75, 3.05) is 6.61 Å². The molecule has 106 valence electrons. The molecule has 0 aromatic carbocycles. The Bertz CT molecular complexity index is 373. The second kappa shape index (κ2) is 4.18. The predicted octanol–water partition coefficient (Wildman–Crippen LogP) is -0.946. The molecule has 0 aromatic rings.